The standard InChI is InChI=1S/C26H28F4N6.U/c1-5-17(4)36(7-3)24-23(27)16-31-25(34-24)35-32-15-19-11-12-22(13-18(19)6-2)33-21-10-8-9-20(14-21)26(28,29)30;/h8-17,33H,3-7H2,1-2H3,(H,31,34,35);/q-2;+2/b32-15-;. The number of nitrogens with one attached hydrogen (secondary N) is 2. The van der Waals surface area contributed by atoms with Crippen LogP contribution in [0.3, 0.4) is 0 Å². The van der Waals surface area contributed by atoms with Crippen molar-refractivity contribution in [2.24, 2.45) is 5.10 Å². The molecule has 0 spiro atoms. The Labute approximate surface area is 238 Å². The molecule has 194 valence electrons. The minimum absolute atomic E-state index is 0. The van der Waals surface area contributed by atoms with Crippen molar-refractivity contribution in [3.05, 3.63) is 85.0 Å². The molecular formula is C26H28F4N6U. The quantitative estimate of drug-likeness (QED) is 0.106. The zero-order valence-electron chi connectivity index (χ0n) is 20.6. The SMILES string of the molecule is [CH2-]CN(c1nc(N/N=C\c2ccc(Nc3cccc(C(F)(F)F)c3)cc2CC)ncc1F)C([CH2-])CC.[U+2]. The van der Waals surface area contributed by atoms with Gasteiger partial charge in [-0.2, -0.15) is 23.3 Å². The molecule has 0 bridgehead atoms. The van der Waals surface area contributed by atoms with Crippen LogP contribution in [0.15, 0.2) is 53.8 Å². The van der Waals surface area contributed by atoms with E-state index in [0.29, 0.717) is 30.8 Å². The van der Waals surface area contributed by atoms with Crippen LogP contribution in [0.25, 0.3) is 0 Å². The predicted octanol–water partition coefficient (Wildman–Crippen LogP) is 6.64. The van der Waals surface area contributed by atoms with E-state index in [1.165, 1.54) is 6.07 Å². The summed E-state index contributed by atoms with van der Waals surface area (Å²) in [5, 5.41) is 7.19. The van der Waals surface area contributed by atoms with Gasteiger partial charge in [0.25, 0.3) is 0 Å². The molecule has 2 N–H and O–H groups in total. The summed E-state index contributed by atoms with van der Waals surface area (Å²) in [5.41, 5.74) is 4.70. The monoisotopic (exact) mass is 738 g/mol. The Kier molecular flexibility index (Phi) is 11.4. The van der Waals surface area contributed by atoms with Crippen LogP contribution in [0, 0.1) is 50.8 Å². The number of halogens is 4. The largest absolute Gasteiger partial charge is 2.00 e. The first kappa shape index (κ1) is 30.6. The summed E-state index contributed by atoms with van der Waals surface area (Å²) in [6, 6.07) is 10.2. The number of aromatic nitrogens is 2. The summed E-state index contributed by atoms with van der Waals surface area (Å²) in [6.45, 7) is 12.0. The van der Waals surface area contributed by atoms with E-state index in [0.717, 1.165) is 29.5 Å². The fraction of sp³-hybridized carbons (Fsp3) is 0.269. The first-order valence-corrected chi connectivity index (χ1v) is 11.4. The predicted molar refractivity (Wildman–Crippen MR) is 136 cm³/mol. The molecule has 0 aliphatic heterocycles. The zero-order chi connectivity index (χ0) is 26.3. The molecule has 0 aliphatic carbocycles. The number of benzene rings is 2. The normalized spacial score (nSPS) is 12.2. The molecule has 3 aromatic rings. The summed E-state index contributed by atoms with van der Waals surface area (Å²) in [6.07, 6.45) is -0.410. The second-order valence-corrected chi connectivity index (χ2v) is 7.96. The third-order valence-corrected chi connectivity index (χ3v) is 5.52. The van der Waals surface area contributed by atoms with Crippen LogP contribution >= 0.6 is 0 Å². The van der Waals surface area contributed by atoms with Gasteiger partial charge in [-0.25, -0.2) is 14.8 Å². The number of aryl methyl sites for hydroxylation is 1. The molecule has 3 rings (SSSR count). The van der Waals surface area contributed by atoms with Gasteiger partial charge >= 0.3 is 37.3 Å². The Morgan fingerprint density at radius 1 is 1.14 bits per heavy atom. The van der Waals surface area contributed by atoms with Crippen LogP contribution in [0.4, 0.5) is 40.7 Å². The van der Waals surface area contributed by atoms with Gasteiger partial charge in [-0.15, -0.1) is 6.54 Å². The number of hydrogen-bond donors (Lipinski definition) is 2. The molecular weight excluding hydrogens is 710 g/mol. The van der Waals surface area contributed by atoms with Crippen molar-refractivity contribution in [1.29, 1.82) is 0 Å². The average Bonchev–Trinajstić information content (AvgIpc) is 2.86. The summed E-state index contributed by atoms with van der Waals surface area (Å²) < 4.78 is 53.3. The van der Waals surface area contributed by atoms with E-state index < -0.39 is 17.6 Å². The van der Waals surface area contributed by atoms with Crippen LogP contribution in [-0.4, -0.2) is 28.8 Å². The van der Waals surface area contributed by atoms with E-state index in [2.05, 4.69) is 39.7 Å². The maximum absolute atomic E-state index is 14.3. The van der Waals surface area contributed by atoms with Crippen LogP contribution < -0.4 is 15.6 Å². The second kappa shape index (κ2) is 13.8. The minimum Gasteiger partial charge on any atom is -0.411 e. The van der Waals surface area contributed by atoms with Crippen LogP contribution in [-0.2, 0) is 12.6 Å². The summed E-state index contributed by atoms with van der Waals surface area (Å²) >= 11 is 0. The van der Waals surface area contributed by atoms with Crippen molar-refractivity contribution in [3.63, 3.8) is 0 Å². The van der Waals surface area contributed by atoms with Gasteiger partial charge in [-0.1, -0.05) is 38.4 Å². The molecule has 11 heteroatoms. The number of hydrogen-bond acceptors (Lipinski definition) is 6. The van der Waals surface area contributed by atoms with E-state index in [1.54, 1.807) is 29.3 Å². The molecule has 0 radical (unpaired) electrons. The molecule has 0 saturated carbocycles. The fourth-order valence-corrected chi connectivity index (χ4v) is 3.51. The van der Waals surface area contributed by atoms with Crippen molar-refractivity contribution < 1.29 is 48.7 Å². The van der Waals surface area contributed by atoms with Gasteiger partial charge in [0.05, 0.1) is 18.0 Å². The van der Waals surface area contributed by atoms with E-state index >= 15 is 0 Å². The van der Waals surface area contributed by atoms with E-state index in [4.69, 9.17) is 0 Å². The van der Waals surface area contributed by atoms with Crippen LogP contribution in [0.2, 0.25) is 0 Å². The number of nitrogens with zero attached hydrogens (tertiary/aromatic N) is 4. The van der Waals surface area contributed by atoms with Crippen molar-refractivity contribution >= 4 is 29.4 Å². The number of alkyl halides is 3. The average molecular weight is 739 g/mol. The fourth-order valence-electron chi connectivity index (χ4n) is 3.51. The summed E-state index contributed by atoms with van der Waals surface area (Å²) in [7, 11) is 0. The second-order valence-electron chi connectivity index (χ2n) is 7.96. The molecule has 0 saturated heterocycles. The Bertz CT molecular complexity index is 1200. The summed E-state index contributed by atoms with van der Waals surface area (Å²) in [5.74, 6) is -0.364. The third kappa shape index (κ3) is 8.17. The minimum atomic E-state index is -4.41. The Hall–Kier alpha value is -2.64. The third-order valence-electron chi connectivity index (χ3n) is 5.52. The van der Waals surface area contributed by atoms with Crippen molar-refractivity contribution in [2.75, 3.05) is 22.2 Å². The Morgan fingerprint density at radius 3 is 2.51 bits per heavy atom. The van der Waals surface area contributed by atoms with Crippen molar-refractivity contribution in [2.45, 2.75) is 38.9 Å². The first-order chi connectivity index (χ1) is 17.2. The Morgan fingerprint density at radius 2 is 1.86 bits per heavy atom. The zero-order valence-corrected chi connectivity index (χ0v) is 24.8. The molecule has 6 nitrogen and oxygen atoms in total. The van der Waals surface area contributed by atoms with E-state index in [-0.39, 0.29) is 48.9 Å². The van der Waals surface area contributed by atoms with Crippen LogP contribution in [0.5, 0.6) is 0 Å². The topological polar surface area (TPSA) is 65.4 Å². The van der Waals surface area contributed by atoms with E-state index in [9.17, 15) is 17.6 Å². The van der Waals surface area contributed by atoms with Gasteiger partial charge in [-0.05, 0) is 47.9 Å². The Balaban J connectivity index is 0.00000481. The van der Waals surface area contributed by atoms with Gasteiger partial charge in [0, 0.05) is 11.4 Å². The maximum atomic E-state index is 14.3. The smallest absolute Gasteiger partial charge is 0.411 e. The molecule has 1 aromatic heterocycles. The van der Waals surface area contributed by atoms with Gasteiger partial charge in [0.2, 0.25) is 5.95 Å². The first-order valence-electron chi connectivity index (χ1n) is 11.4. The van der Waals surface area contributed by atoms with Gasteiger partial charge in [0.15, 0.2) is 11.6 Å². The number of rotatable bonds is 10. The molecule has 1 heterocycles. The molecule has 0 amide bonds. The maximum Gasteiger partial charge on any atom is 2.00 e. The van der Waals surface area contributed by atoms with Crippen LogP contribution in [0.1, 0.15) is 37.0 Å². The molecule has 2 aromatic carbocycles. The van der Waals surface area contributed by atoms with Gasteiger partial charge in [-0.3, -0.25) is 0 Å². The van der Waals surface area contributed by atoms with Crippen molar-refractivity contribution in [3.8, 4) is 0 Å². The van der Waals surface area contributed by atoms with E-state index in [1.807, 2.05) is 19.9 Å². The molecule has 0 aliphatic rings. The molecule has 37 heavy (non-hydrogen) atoms. The van der Waals surface area contributed by atoms with Gasteiger partial charge < -0.3 is 24.1 Å². The molecule has 0 fully saturated rings. The number of anilines is 4. The molecule has 1 atom stereocenters. The van der Waals surface area contributed by atoms with Crippen molar-refractivity contribution in [1.82, 2.24) is 9.97 Å². The van der Waals surface area contributed by atoms with Gasteiger partial charge in [0.1, 0.15) is 0 Å². The summed E-state index contributed by atoms with van der Waals surface area (Å²) in [4.78, 5) is 9.80. The molecule has 1 unspecified atom stereocenters. The number of hydrazone groups is 1.